The Bertz CT molecular complexity index is 669. The van der Waals surface area contributed by atoms with Crippen LogP contribution in [0.2, 0.25) is 0 Å². The number of nitrogens with one attached hydrogen (secondary N) is 2. The van der Waals surface area contributed by atoms with E-state index in [0.29, 0.717) is 43.1 Å². The van der Waals surface area contributed by atoms with Gasteiger partial charge in [0.2, 0.25) is 0 Å². The first-order valence-corrected chi connectivity index (χ1v) is 6.08. The van der Waals surface area contributed by atoms with E-state index in [2.05, 4.69) is 15.0 Å². The third-order valence-electron chi connectivity index (χ3n) is 2.82. The molecule has 2 aromatic rings. The van der Waals surface area contributed by atoms with Crippen LogP contribution in [0.5, 0.6) is 0 Å². The van der Waals surface area contributed by atoms with Crippen LogP contribution in [-0.2, 0) is 17.7 Å². The molecule has 0 spiro atoms. The van der Waals surface area contributed by atoms with Crippen LogP contribution in [0.25, 0.3) is 11.2 Å². The maximum absolute atomic E-state index is 11.8. The predicted molar refractivity (Wildman–Crippen MR) is 70.2 cm³/mol. The molecule has 2 rings (SSSR count). The number of aryl methyl sites for hydroxylation is 1. The van der Waals surface area contributed by atoms with Crippen molar-refractivity contribution < 1.29 is 4.74 Å². The van der Waals surface area contributed by atoms with Crippen molar-refractivity contribution in [2.24, 2.45) is 5.73 Å². The molecule has 8 nitrogen and oxygen atoms in total. The first kappa shape index (κ1) is 13.5. The molecule has 0 bridgehead atoms. The van der Waals surface area contributed by atoms with Crippen LogP contribution in [0.1, 0.15) is 12.2 Å². The number of aromatic amines is 2. The van der Waals surface area contributed by atoms with Crippen molar-refractivity contribution >= 4 is 11.2 Å². The third kappa shape index (κ3) is 2.74. The van der Waals surface area contributed by atoms with E-state index in [4.69, 9.17) is 10.5 Å². The Morgan fingerprint density at radius 2 is 2.16 bits per heavy atom. The zero-order valence-electron chi connectivity index (χ0n) is 10.7. The van der Waals surface area contributed by atoms with E-state index in [1.807, 2.05) is 0 Å². The fraction of sp³-hybridized carbons (Fsp3) is 0.545. The second kappa shape index (κ2) is 5.81. The number of fused-ring (bicyclic) bond motifs is 1. The van der Waals surface area contributed by atoms with Gasteiger partial charge in [-0.2, -0.15) is 0 Å². The van der Waals surface area contributed by atoms with Gasteiger partial charge in [0.1, 0.15) is 11.3 Å². The average Bonchev–Trinajstić information content (AvgIpc) is 2.80. The van der Waals surface area contributed by atoms with Crippen molar-refractivity contribution in [3.05, 3.63) is 26.7 Å². The number of hydrogen-bond donors (Lipinski definition) is 3. The molecule has 104 valence electrons. The third-order valence-corrected chi connectivity index (χ3v) is 2.82. The minimum atomic E-state index is -0.480. The minimum Gasteiger partial charge on any atom is -0.383 e. The summed E-state index contributed by atoms with van der Waals surface area (Å²) in [5, 5.41) is 0. The maximum atomic E-state index is 11.8. The van der Waals surface area contributed by atoms with Gasteiger partial charge in [-0.3, -0.25) is 14.3 Å². The molecule has 2 aromatic heterocycles. The molecule has 0 fully saturated rings. The molecular weight excluding hydrogens is 250 g/mol. The monoisotopic (exact) mass is 267 g/mol. The largest absolute Gasteiger partial charge is 0.383 e. The molecule has 19 heavy (non-hydrogen) atoms. The first-order valence-electron chi connectivity index (χ1n) is 6.08. The average molecular weight is 267 g/mol. The Labute approximate surface area is 108 Å². The lowest BCUT2D eigenvalue weighted by Crippen LogP contribution is -2.31. The number of imidazole rings is 1. The number of hydrogen-bond acceptors (Lipinski definition) is 5. The lowest BCUT2D eigenvalue weighted by atomic mass is 10.3. The molecule has 0 atom stereocenters. The smallest absolute Gasteiger partial charge is 0.330 e. The van der Waals surface area contributed by atoms with Crippen LogP contribution in [0.15, 0.2) is 9.59 Å². The SMILES string of the molecule is COCCn1c(=O)[nH]c(=O)c2[nH]c(CCCN)nc21. The lowest BCUT2D eigenvalue weighted by molar-refractivity contribution is 0.187. The fourth-order valence-corrected chi connectivity index (χ4v) is 1.87. The molecule has 0 aliphatic heterocycles. The van der Waals surface area contributed by atoms with Crippen LogP contribution in [-0.4, -0.2) is 39.8 Å². The molecule has 2 heterocycles. The van der Waals surface area contributed by atoms with Gasteiger partial charge in [-0.15, -0.1) is 0 Å². The number of nitrogens with two attached hydrogens (primary N) is 1. The van der Waals surface area contributed by atoms with Gasteiger partial charge in [0.25, 0.3) is 5.56 Å². The molecule has 0 saturated heterocycles. The summed E-state index contributed by atoms with van der Waals surface area (Å²) in [6, 6.07) is 0. The first-order chi connectivity index (χ1) is 9.17. The van der Waals surface area contributed by atoms with E-state index in [0.717, 1.165) is 6.42 Å². The van der Waals surface area contributed by atoms with Gasteiger partial charge in [-0.1, -0.05) is 0 Å². The molecule has 0 aliphatic carbocycles. The van der Waals surface area contributed by atoms with E-state index in [1.54, 1.807) is 7.11 Å². The van der Waals surface area contributed by atoms with Crippen molar-refractivity contribution in [1.29, 1.82) is 0 Å². The van der Waals surface area contributed by atoms with Gasteiger partial charge < -0.3 is 15.5 Å². The normalized spacial score (nSPS) is 11.3. The van der Waals surface area contributed by atoms with Crippen molar-refractivity contribution in [1.82, 2.24) is 19.5 Å². The summed E-state index contributed by atoms with van der Waals surface area (Å²) >= 11 is 0. The standard InChI is InChI=1S/C11H17N5O3/c1-19-6-5-16-9-8(10(17)15-11(16)18)13-7(14-9)3-2-4-12/h2-6,12H2,1H3,(H,13,14)(H,15,17,18). The molecule has 0 aliphatic rings. The minimum absolute atomic E-state index is 0.308. The van der Waals surface area contributed by atoms with E-state index < -0.39 is 11.2 Å². The van der Waals surface area contributed by atoms with Crippen molar-refractivity contribution in [3.8, 4) is 0 Å². The Kier molecular flexibility index (Phi) is 4.13. The predicted octanol–water partition coefficient (Wildman–Crippen LogP) is -1.05. The van der Waals surface area contributed by atoms with Crippen LogP contribution < -0.4 is 17.0 Å². The quantitative estimate of drug-likeness (QED) is 0.617. The van der Waals surface area contributed by atoms with Crippen LogP contribution in [0.3, 0.4) is 0 Å². The van der Waals surface area contributed by atoms with Crippen LogP contribution in [0, 0.1) is 0 Å². The topological polar surface area (TPSA) is 119 Å². The van der Waals surface area contributed by atoms with Crippen molar-refractivity contribution in [2.45, 2.75) is 19.4 Å². The maximum Gasteiger partial charge on any atom is 0.330 e. The molecule has 0 amide bonds. The molecule has 8 heteroatoms. The Morgan fingerprint density at radius 1 is 1.37 bits per heavy atom. The molecule has 4 N–H and O–H groups in total. The number of ether oxygens (including phenoxy) is 1. The zero-order valence-corrected chi connectivity index (χ0v) is 10.7. The zero-order chi connectivity index (χ0) is 13.8. The number of aromatic nitrogens is 4. The highest BCUT2D eigenvalue weighted by Gasteiger charge is 2.12. The Balaban J connectivity index is 2.51. The second-order valence-electron chi connectivity index (χ2n) is 4.18. The summed E-state index contributed by atoms with van der Waals surface area (Å²) in [7, 11) is 1.55. The van der Waals surface area contributed by atoms with Crippen molar-refractivity contribution in [3.63, 3.8) is 0 Å². The van der Waals surface area contributed by atoms with E-state index >= 15 is 0 Å². The van der Waals surface area contributed by atoms with E-state index in [9.17, 15) is 9.59 Å². The van der Waals surface area contributed by atoms with Gasteiger partial charge in [-0.05, 0) is 13.0 Å². The number of nitrogens with zero attached hydrogens (tertiary/aromatic N) is 2. The van der Waals surface area contributed by atoms with Crippen LogP contribution >= 0.6 is 0 Å². The highest BCUT2D eigenvalue weighted by molar-refractivity contribution is 5.69. The lowest BCUT2D eigenvalue weighted by Gasteiger charge is -2.04. The summed E-state index contributed by atoms with van der Waals surface area (Å²) in [6.07, 6.45) is 1.41. The van der Waals surface area contributed by atoms with E-state index in [-0.39, 0.29) is 0 Å². The Hall–Kier alpha value is -1.93. The van der Waals surface area contributed by atoms with Gasteiger partial charge >= 0.3 is 5.69 Å². The summed E-state index contributed by atoms with van der Waals surface area (Å²) in [5.41, 5.74) is 5.17. The number of H-pyrrole nitrogens is 2. The Morgan fingerprint density at radius 3 is 2.84 bits per heavy atom. The fourth-order valence-electron chi connectivity index (χ4n) is 1.87. The van der Waals surface area contributed by atoms with E-state index in [1.165, 1.54) is 4.57 Å². The van der Waals surface area contributed by atoms with Crippen molar-refractivity contribution in [2.75, 3.05) is 20.3 Å². The molecule has 0 radical (unpaired) electrons. The number of rotatable bonds is 6. The molecule has 0 aromatic carbocycles. The van der Waals surface area contributed by atoms with Crippen LogP contribution in [0.4, 0.5) is 0 Å². The molecule has 0 saturated carbocycles. The molecule has 0 unspecified atom stereocenters. The summed E-state index contributed by atoms with van der Waals surface area (Å²) in [6.45, 7) is 1.25. The molecular formula is C11H17N5O3. The summed E-state index contributed by atoms with van der Waals surface area (Å²) in [4.78, 5) is 33.0. The van der Waals surface area contributed by atoms with Gasteiger partial charge in [0.15, 0.2) is 5.65 Å². The summed E-state index contributed by atoms with van der Waals surface area (Å²) < 4.78 is 6.34. The van der Waals surface area contributed by atoms with Gasteiger partial charge in [0, 0.05) is 13.5 Å². The second-order valence-corrected chi connectivity index (χ2v) is 4.18. The highest BCUT2D eigenvalue weighted by Crippen LogP contribution is 2.06. The highest BCUT2D eigenvalue weighted by atomic mass is 16.5. The number of methoxy groups -OCH3 is 1. The van der Waals surface area contributed by atoms with Gasteiger partial charge in [0.05, 0.1) is 13.2 Å². The van der Waals surface area contributed by atoms with Gasteiger partial charge in [-0.25, -0.2) is 9.78 Å². The summed E-state index contributed by atoms with van der Waals surface area (Å²) in [5.74, 6) is 0.655.